The molecule has 1 saturated carbocycles. The van der Waals surface area contributed by atoms with E-state index in [2.05, 4.69) is 0 Å². The average Bonchev–Trinajstić information content (AvgIpc) is 3.01. The molecular formula is C12H12N2O2. The quantitative estimate of drug-likeness (QED) is 0.764. The molecule has 0 heterocycles. The molecule has 0 bridgehead atoms. The Hall–Kier alpha value is -1.86. The molecule has 2 rings (SSSR count). The number of benzene rings is 1. The lowest BCUT2D eigenvalue weighted by Crippen LogP contribution is -2.26. The molecule has 4 heteroatoms. The summed E-state index contributed by atoms with van der Waals surface area (Å²) in [5.74, 6) is -0.839. The highest BCUT2D eigenvalue weighted by Gasteiger charge is 2.57. The third-order valence-electron chi connectivity index (χ3n) is 2.72. The Morgan fingerprint density at radius 3 is 2.81 bits per heavy atom. The fourth-order valence-electron chi connectivity index (χ4n) is 1.53. The summed E-state index contributed by atoms with van der Waals surface area (Å²) in [6.45, 7) is 0.234. The number of esters is 1. The molecule has 0 spiro atoms. The minimum Gasteiger partial charge on any atom is -0.461 e. The van der Waals surface area contributed by atoms with Gasteiger partial charge in [0.1, 0.15) is 12.1 Å². The summed E-state index contributed by atoms with van der Waals surface area (Å²) in [5, 5.41) is 8.69. The summed E-state index contributed by atoms with van der Waals surface area (Å²) in [6, 6.07) is 11.3. The normalized spacial score (nSPS) is 26.9. The van der Waals surface area contributed by atoms with Gasteiger partial charge < -0.3 is 10.5 Å². The maximum Gasteiger partial charge on any atom is 0.312 e. The monoisotopic (exact) mass is 216 g/mol. The first kappa shape index (κ1) is 10.7. The van der Waals surface area contributed by atoms with E-state index in [1.54, 1.807) is 0 Å². The Labute approximate surface area is 93.6 Å². The van der Waals surface area contributed by atoms with Crippen molar-refractivity contribution < 1.29 is 9.53 Å². The van der Waals surface area contributed by atoms with Crippen molar-refractivity contribution in [2.75, 3.05) is 0 Å². The Morgan fingerprint density at radius 1 is 1.56 bits per heavy atom. The number of ether oxygens (including phenoxy) is 1. The van der Waals surface area contributed by atoms with Gasteiger partial charge >= 0.3 is 5.97 Å². The molecule has 0 aromatic heterocycles. The first-order chi connectivity index (χ1) is 7.65. The third-order valence-corrected chi connectivity index (χ3v) is 2.72. The molecule has 4 nitrogen and oxygen atoms in total. The zero-order valence-corrected chi connectivity index (χ0v) is 8.72. The Balaban J connectivity index is 1.85. The van der Waals surface area contributed by atoms with Crippen molar-refractivity contribution in [1.82, 2.24) is 0 Å². The van der Waals surface area contributed by atoms with Crippen LogP contribution >= 0.6 is 0 Å². The standard InChI is InChI=1S/C12H12N2O2/c13-8-12(14)6-10(12)11(15)16-7-9-4-2-1-3-5-9/h1-5,10H,6-7,14H2/t10-,12-/m1/s1. The molecular weight excluding hydrogens is 204 g/mol. The molecule has 0 amide bonds. The summed E-state index contributed by atoms with van der Waals surface area (Å²) in [5.41, 5.74) is 5.53. The number of hydrogen-bond donors (Lipinski definition) is 1. The molecule has 2 N–H and O–H groups in total. The highest BCUT2D eigenvalue weighted by molar-refractivity contribution is 5.79. The van der Waals surface area contributed by atoms with E-state index in [0.29, 0.717) is 6.42 Å². The predicted molar refractivity (Wildman–Crippen MR) is 56.9 cm³/mol. The second kappa shape index (κ2) is 3.95. The fourth-order valence-corrected chi connectivity index (χ4v) is 1.53. The van der Waals surface area contributed by atoms with E-state index in [1.807, 2.05) is 36.4 Å². The van der Waals surface area contributed by atoms with E-state index in [4.69, 9.17) is 15.7 Å². The summed E-state index contributed by atoms with van der Waals surface area (Å²) < 4.78 is 5.08. The number of nitrogens with two attached hydrogens (primary N) is 1. The molecule has 1 aromatic rings. The van der Waals surface area contributed by atoms with Gasteiger partial charge in [0.25, 0.3) is 0 Å². The Morgan fingerprint density at radius 2 is 2.25 bits per heavy atom. The van der Waals surface area contributed by atoms with Crippen molar-refractivity contribution in [1.29, 1.82) is 5.26 Å². The highest BCUT2D eigenvalue weighted by atomic mass is 16.5. The molecule has 2 atom stereocenters. The van der Waals surface area contributed by atoms with E-state index in [-0.39, 0.29) is 12.6 Å². The molecule has 82 valence electrons. The number of rotatable bonds is 3. The molecule has 0 radical (unpaired) electrons. The second-order valence-electron chi connectivity index (χ2n) is 4.00. The van der Waals surface area contributed by atoms with Crippen LogP contribution in [-0.2, 0) is 16.1 Å². The van der Waals surface area contributed by atoms with Crippen LogP contribution in [0, 0.1) is 17.2 Å². The van der Waals surface area contributed by atoms with Crippen molar-refractivity contribution in [2.24, 2.45) is 11.7 Å². The van der Waals surface area contributed by atoms with E-state index in [9.17, 15) is 4.79 Å². The zero-order valence-electron chi connectivity index (χ0n) is 8.72. The summed E-state index contributed by atoms with van der Waals surface area (Å²) in [7, 11) is 0. The smallest absolute Gasteiger partial charge is 0.312 e. The number of hydrogen-bond acceptors (Lipinski definition) is 4. The number of nitrogens with zero attached hydrogens (tertiary/aromatic N) is 1. The summed E-state index contributed by atoms with van der Waals surface area (Å²) in [6.07, 6.45) is 0.400. The number of carbonyl (C=O) groups excluding carboxylic acids is 1. The first-order valence-electron chi connectivity index (χ1n) is 5.06. The lowest BCUT2D eigenvalue weighted by atomic mass is 10.2. The predicted octanol–water partition coefficient (Wildman–Crippen LogP) is 0.971. The summed E-state index contributed by atoms with van der Waals surface area (Å²) in [4.78, 5) is 11.5. The minimum absolute atomic E-state index is 0.234. The van der Waals surface area contributed by atoms with Gasteiger partial charge in [-0.15, -0.1) is 0 Å². The van der Waals surface area contributed by atoms with Crippen molar-refractivity contribution in [2.45, 2.75) is 18.6 Å². The fraction of sp³-hybridized carbons (Fsp3) is 0.333. The highest BCUT2D eigenvalue weighted by Crippen LogP contribution is 2.41. The third kappa shape index (κ3) is 2.05. The maximum atomic E-state index is 11.5. The van der Waals surface area contributed by atoms with E-state index >= 15 is 0 Å². The first-order valence-corrected chi connectivity index (χ1v) is 5.06. The van der Waals surface area contributed by atoms with Crippen LogP contribution in [0.15, 0.2) is 30.3 Å². The molecule has 0 saturated heterocycles. The van der Waals surface area contributed by atoms with Crippen LogP contribution < -0.4 is 5.73 Å². The lowest BCUT2D eigenvalue weighted by molar-refractivity contribution is -0.146. The van der Waals surface area contributed by atoms with Gasteiger partial charge in [-0.1, -0.05) is 30.3 Å². The molecule has 16 heavy (non-hydrogen) atoms. The Kier molecular flexibility index (Phi) is 2.63. The van der Waals surface area contributed by atoms with Gasteiger partial charge in [-0.2, -0.15) is 5.26 Å². The summed E-state index contributed by atoms with van der Waals surface area (Å²) >= 11 is 0. The van der Waals surface area contributed by atoms with Gasteiger partial charge in [0.15, 0.2) is 0 Å². The van der Waals surface area contributed by atoms with Gasteiger partial charge in [-0.25, -0.2) is 0 Å². The van der Waals surface area contributed by atoms with E-state index in [1.165, 1.54) is 0 Å². The Bertz CT molecular complexity index is 438. The van der Waals surface area contributed by atoms with Crippen LogP contribution in [-0.4, -0.2) is 11.5 Å². The van der Waals surface area contributed by atoms with Crippen LogP contribution in [0.4, 0.5) is 0 Å². The maximum absolute atomic E-state index is 11.5. The van der Waals surface area contributed by atoms with Crippen LogP contribution in [0.1, 0.15) is 12.0 Å². The SMILES string of the molecule is N#C[C@]1(N)C[C@@H]1C(=O)OCc1ccccc1. The number of carbonyl (C=O) groups is 1. The lowest BCUT2D eigenvalue weighted by Gasteiger charge is -2.04. The van der Waals surface area contributed by atoms with Crippen LogP contribution in [0.2, 0.25) is 0 Å². The average molecular weight is 216 g/mol. The molecule has 1 aromatic carbocycles. The topological polar surface area (TPSA) is 76.1 Å². The number of nitriles is 1. The second-order valence-corrected chi connectivity index (χ2v) is 4.00. The van der Waals surface area contributed by atoms with Crippen molar-refractivity contribution in [3.8, 4) is 6.07 Å². The zero-order chi connectivity index (χ0) is 11.6. The van der Waals surface area contributed by atoms with Crippen molar-refractivity contribution in [3.63, 3.8) is 0 Å². The largest absolute Gasteiger partial charge is 0.461 e. The minimum atomic E-state index is -0.992. The molecule has 1 fully saturated rings. The van der Waals surface area contributed by atoms with E-state index < -0.39 is 11.5 Å². The van der Waals surface area contributed by atoms with Gasteiger partial charge in [0.2, 0.25) is 0 Å². The van der Waals surface area contributed by atoms with Crippen molar-refractivity contribution in [3.05, 3.63) is 35.9 Å². The van der Waals surface area contributed by atoms with E-state index in [0.717, 1.165) is 5.56 Å². The molecule has 0 aliphatic heterocycles. The van der Waals surface area contributed by atoms with Crippen molar-refractivity contribution >= 4 is 5.97 Å². The van der Waals surface area contributed by atoms with Crippen LogP contribution in [0.25, 0.3) is 0 Å². The van der Waals surface area contributed by atoms with Crippen LogP contribution in [0.3, 0.4) is 0 Å². The van der Waals surface area contributed by atoms with Gasteiger partial charge in [0, 0.05) is 0 Å². The van der Waals surface area contributed by atoms with Gasteiger partial charge in [0.05, 0.1) is 12.0 Å². The van der Waals surface area contributed by atoms with Gasteiger partial charge in [-0.3, -0.25) is 4.79 Å². The van der Waals surface area contributed by atoms with Crippen LogP contribution in [0.5, 0.6) is 0 Å². The molecule has 0 unspecified atom stereocenters. The van der Waals surface area contributed by atoms with Gasteiger partial charge in [-0.05, 0) is 12.0 Å². The molecule has 1 aliphatic carbocycles. The molecule has 1 aliphatic rings.